The van der Waals surface area contributed by atoms with Gasteiger partial charge in [-0.15, -0.1) is 0 Å². The van der Waals surface area contributed by atoms with Crippen LogP contribution in [0.25, 0.3) is 10.9 Å². The van der Waals surface area contributed by atoms with Crippen molar-refractivity contribution in [1.29, 1.82) is 0 Å². The van der Waals surface area contributed by atoms with Crippen LogP contribution in [0, 0.1) is 0 Å². The molecule has 1 atom stereocenters. The molecule has 2 aromatic rings. The molecule has 5 heteroatoms. The molecule has 1 aromatic heterocycles. The van der Waals surface area contributed by atoms with Crippen LogP contribution in [-0.2, 0) is 0 Å². The molecule has 0 saturated carbocycles. The van der Waals surface area contributed by atoms with Crippen LogP contribution < -0.4 is 0 Å². The zero-order valence-corrected chi connectivity index (χ0v) is 8.07. The van der Waals surface area contributed by atoms with Gasteiger partial charge in [0.25, 0.3) is 0 Å². The number of fused-ring (bicyclic) bond motifs is 1. The fourth-order valence-corrected chi connectivity index (χ4v) is 1.53. The third-order valence-electron chi connectivity index (χ3n) is 2.29. The second-order valence-corrected chi connectivity index (χ2v) is 3.36. The summed E-state index contributed by atoms with van der Waals surface area (Å²) in [6.45, 7) is 0. The van der Waals surface area contributed by atoms with Gasteiger partial charge in [-0.1, -0.05) is 18.2 Å². The van der Waals surface area contributed by atoms with Crippen LogP contribution in [0.15, 0.2) is 36.5 Å². The third-order valence-corrected chi connectivity index (χ3v) is 2.29. The lowest BCUT2D eigenvalue weighted by atomic mass is 10.0. The van der Waals surface area contributed by atoms with Crippen LogP contribution in [-0.4, -0.2) is 16.3 Å². The number of alkyl halides is 3. The van der Waals surface area contributed by atoms with Crippen LogP contribution in [0.3, 0.4) is 0 Å². The molecule has 2 rings (SSSR count). The van der Waals surface area contributed by atoms with Crippen molar-refractivity contribution in [1.82, 2.24) is 4.98 Å². The van der Waals surface area contributed by atoms with Crippen molar-refractivity contribution in [3.8, 4) is 0 Å². The van der Waals surface area contributed by atoms with E-state index >= 15 is 0 Å². The maximum Gasteiger partial charge on any atom is 0.418 e. The molecular weight excluding hydrogens is 219 g/mol. The molecule has 0 aliphatic rings. The number of hydrogen-bond donors (Lipinski definition) is 1. The maximum atomic E-state index is 12.4. The minimum atomic E-state index is -4.66. The molecule has 1 N–H and O–H groups in total. The lowest BCUT2D eigenvalue weighted by molar-refractivity contribution is -0.206. The van der Waals surface area contributed by atoms with Crippen molar-refractivity contribution < 1.29 is 18.3 Å². The summed E-state index contributed by atoms with van der Waals surface area (Å²) in [5, 5.41) is 9.52. The van der Waals surface area contributed by atoms with E-state index in [1.54, 1.807) is 18.2 Å². The van der Waals surface area contributed by atoms with E-state index in [1.807, 2.05) is 0 Å². The van der Waals surface area contributed by atoms with Gasteiger partial charge in [0.1, 0.15) is 0 Å². The highest BCUT2D eigenvalue weighted by molar-refractivity contribution is 5.82. The summed E-state index contributed by atoms with van der Waals surface area (Å²) < 4.78 is 37.2. The molecule has 0 spiro atoms. The molecule has 2 nitrogen and oxygen atoms in total. The van der Waals surface area contributed by atoms with Gasteiger partial charge in [-0.05, 0) is 12.1 Å². The van der Waals surface area contributed by atoms with E-state index in [-0.39, 0.29) is 5.56 Å². The first-order valence-corrected chi connectivity index (χ1v) is 4.58. The van der Waals surface area contributed by atoms with Crippen LogP contribution in [0.5, 0.6) is 0 Å². The highest BCUT2D eigenvalue weighted by Gasteiger charge is 2.40. The minimum Gasteiger partial charge on any atom is -0.379 e. The summed E-state index contributed by atoms with van der Waals surface area (Å²) in [5.74, 6) is 0. The minimum absolute atomic E-state index is 0.168. The summed E-state index contributed by atoms with van der Waals surface area (Å²) in [6.07, 6.45) is -5.88. The van der Waals surface area contributed by atoms with Crippen molar-refractivity contribution >= 4 is 10.9 Å². The highest BCUT2D eigenvalue weighted by Crippen LogP contribution is 2.35. The summed E-state index contributed by atoms with van der Waals surface area (Å²) in [6, 6.07) is 7.57. The maximum absolute atomic E-state index is 12.4. The number of halogens is 3. The predicted octanol–water partition coefficient (Wildman–Crippen LogP) is 2.83. The molecule has 0 bridgehead atoms. The molecule has 1 unspecified atom stereocenters. The zero-order chi connectivity index (χ0) is 11.8. The number of aromatic nitrogens is 1. The van der Waals surface area contributed by atoms with Crippen LogP contribution in [0.4, 0.5) is 13.2 Å². The monoisotopic (exact) mass is 227 g/mol. The number of para-hydroxylation sites is 1. The molecule has 84 valence electrons. The van der Waals surface area contributed by atoms with E-state index in [4.69, 9.17) is 0 Å². The van der Waals surface area contributed by atoms with Crippen molar-refractivity contribution in [3.05, 3.63) is 42.1 Å². The Labute approximate surface area is 89.4 Å². The van der Waals surface area contributed by atoms with Crippen LogP contribution in [0.2, 0.25) is 0 Å². The van der Waals surface area contributed by atoms with Gasteiger partial charge in [-0.25, -0.2) is 0 Å². The topological polar surface area (TPSA) is 33.1 Å². The van der Waals surface area contributed by atoms with E-state index in [1.165, 1.54) is 18.3 Å². The Hall–Kier alpha value is -1.62. The fraction of sp³-hybridized carbons (Fsp3) is 0.182. The number of rotatable bonds is 1. The SMILES string of the molecule is OC(c1ccnc2ccccc12)C(F)(F)F. The number of benzene rings is 1. The molecular formula is C11H8F3NO. The smallest absolute Gasteiger partial charge is 0.379 e. The van der Waals surface area contributed by atoms with Gasteiger partial charge < -0.3 is 5.11 Å². The Bertz CT molecular complexity index is 505. The number of nitrogens with zero attached hydrogens (tertiary/aromatic N) is 1. The molecule has 0 aliphatic carbocycles. The van der Waals surface area contributed by atoms with Gasteiger partial charge in [-0.2, -0.15) is 13.2 Å². The second kappa shape index (κ2) is 3.75. The zero-order valence-electron chi connectivity index (χ0n) is 8.07. The van der Waals surface area contributed by atoms with Crippen molar-refractivity contribution in [3.63, 3.8) is 0 Å². The predicted molar refractivity (Wildman–Crippen MR) is 52.8 cm³/mol. The molecule has 0 radical (unpaired) electrons. The average Bonchev–Trinajstić information content (AvgIpc) is 2.26. The Balaban J connectivity index is 2.61. The fourth-order valence-electron chi connectivity index (χ4n) is 1.53. The van der Waals surface area contributed by atoms with E-state index in [2.05, 4.69) is 4.98 Å². The number of pyridine rings is 1. The Morgan fingerprint density at radius 3 is 2.50 bits per heavy atom. The van der Waals surface area contributed by atoms with Gasteiger partial charge in [0.05, 0.1) is 5.52 Å². The van der Waals surface area contributed by atoms with Gasteiger partial charge in [0.2, 0.25) is 0 Å². The van der Waals surface area contributed by atoms with Gasteiger partial charge >= 0.3 is 6.18 Å². The molecule has 0 fully saturated rings. The van der Waals surface area contributed by atoms with Gasteiger partial charge in [0.15, 0.2) is 6.10 Å². The van der Waals surface area contributed by atoms with Gasteiger partial charge in [-0.3, -0.25) is 4.98 Å². The Kier molecular flexibility index (Phi) is 2.55. The summed E-state index contributed by atoms with van der Waals surface area (Å²) in [5.41, 5.74) is 0.265. The van der Waals surface area contributed by atoms with Crippen LogP contribution >= 0.6 is 0 Å². The number of hydrogen-bond acceptors (Lipinski definition) is 2. The van der Waals surface area contributed by atoms with Crippen molar-refractivity contribution in [2.24, 2.45) is 0 Å². The summed E-state index contributed by atoms with van der Waals surface area (Å²) in [7, 11) is 0. The highest BCUT2D eigenvalue weighted by atomic mass is 19.4. The largest absolute Gasteiger partial charge is 0.418 e. The van der Waals surface area contributed by atoms with E-state index in [0.29, 0.717) is 10.9 Å². The standard InChI is InChI=1S/C11H8F3NO/c12-11(13,14)10(16)8-5-6-15-9-4-2-1-3-7(8)9/h1-6,10,16H. The number of aliphatic hydroxyl groups excluding tert-OH is 1. The van der Waals surface area contributed by atoms with E-state index < -0.39 is 12.3 Å². The van der Waals surface area contributed by atoms with Gasteiger partial charge in [0, 0.05) is 17.1 Å². The molecule has 0 saturated heterocycles. The lowest BCUT2D eigenvalue weighted by Gasteiger charge is -2.16. The molecule has 0 amide bonds. The Morgan fingerprint density at radius 2 is 1.81 bits per heavy atom. The molecule has 1 heterocycles. The Morgan fingerprint density at radius 1 is 1.12 bits per heavy atom. The molecule has 0 aliphatic heterocycles. The lowest BCUT2D eigenvalue weighted by Crippen LogP contribution is -2.20. The first kappa shape index (κ1) is 10.9. The first-order chi connectivity index (χ1) is 7.50. The molecule has 1 aromatic carbocycles. The van der Waals surface area contributed by atoms with Crippen molar-refractivity contribution in [2.45, 2.75) is 12.3 Å². The number of aliphatic hydroxyl groups is 1. The quantitative estimate of drug-likeness (QED) is 0.812. The average molecular weight is 227 g/mol. The van der Waals surface area contributed by atoms with Crippen LogP contribution in [0.1, 0.15) is 11.7 Å². The third kappa shape index (κ3) is 1.86. The first-order valence-electron chi connectivity index (χ1n) is 4.58. The normalized spacial score (nSPS) is 14.0. The van der Waals surface area contributed by atoms with E-state index in [9.17, 15) is 18.3 Å². The second-order valence-electron chi connectivity index (χ2n) is 3.36. The summed E-state index contributed by atoms with van der Waals surface area (Å²) >= 11 is 0. The van der Waals surface area contributed by atoms with Crippen molar-refractivity contribution in [2.75, 3.05) is 0 Å². The molecule has 16 heavy (non-hydrogen) atoms. The summed E-state index contributed by atoms with van der Waals surface area (Å²) in [4.78, 5) is 3.93. The van der Waals surface area contributed by atoms with E-state index in [0.717, 1.165) is 0 Å².